The van der Waals surface area contributed by atoms with Crippen molar-refractivity contribution in [3.8, 4) is 0 Å². The summed E-state index contributed by atoms with van der Waals surface area (Å²) in [5.74, 6) is 0.620. The molecule has 1 aromatic carbocycles. The van der Waals surface area contributed by atoms with Crippen molar-refractivity contribution in [1.29, 1.82) is 0 Å². The molecule has 2 heterocycles. The molecule has 0 unspecified atom stereocenters. The van der Waals surface area contributed by atoms with Gasteiger partial charge in [-0.05, 0) is 18.2 Å². The Balaban J connectivity index is 1.99. The van der Waals surface area contributed by atoms with E-state index in [1.165, 1.54) is 6.07 Å². The lowest BCUT2D eigenvalue weighted by Gasteiger charge is -2.34. The van der Waals surface area contributed by atoms with Crippen molar-refractivity contribution in [1.82, 2.24) is 10.2 Å². The third-order valence-electron chi connectivity index (χ3n) is 3.53. The third-order valence-corrected chi connectivity index (χ3v) is 3.53. The Bertz CT molecular complexity index is 521. The minimum absolute atomic E-state index is 0.140. The van der Waals surface area contributed by atoms with Crippen LogP contribution in [-0.4, -0.2) is 31.1 Å². The molecule has 0 radical (unpaired) electrons. The van der Waals surface area contributed by atoms with Gasteiger partial charge in [0.05, 0.1) is 12.3 Å². The normalized spacial score (nSPS) is 18.4. The van der Waals surface area contributed by atoms with Gasteiger partial charge in [-0.3, -0.25) is 4.90 Å². The molecule has 3 rings (SSSR count). The summed E-state index contributed by atoms with van der Waals surface area (Å²) in [7, 11) is 0. The molecule has 19 heavy (non-hydrogen) atoms. The highest BCUT2D eigenvalue weighted by Crippen LogP contribution is 2.30. The molecule has 1 aromatic heterocycles. The molecule has 1 saturated heterocycles. The molecule has 0 saturated carbocycles. The van der Waals surface area contributed by atoms with Gasteiger partial charge in [0, 0.05) is 31.7 Å². The van der Waals surface area contributed by atoms with Crippen LogP contribution < -0.4 is 5.32 Å². The molecule has 3 nitrogen and oxygen atoms in total. The fourth-order valence-corrected chi connectivity index (χ4v) is 2.61. The highest BCUT2D eigenvalue weighted by atomic mass is 19.1. The summed E-state index contributed by atoms with van der Waals surface area (Å²) in [5, 5.41) is 3.31. The van der Waals surface area contributed by atoms with Gasteiger partial charge < -0.3 is 9.73 Å². The van der Waals surface area contributed by atoms with Crippen molar-refractivity contribution in [3.63, 3.8) is 0 Å². The first-order valence-electron chi connectivity index (χ1n) is 6.59. The maximum atomic E-state index is 14.1. The largest absolute Gasteiger partial charge is 0.467 e. The van der Waals surface area contributed by atoms with Gasteiger partial charge in [-0.25, -0.2) is 4.39 Å². The summed E-state index contributed by atoms with van der Waals surface area (Å²) in [6, 6.07) is 10.6. The lowest BCUT2D eigenvalue weighted by Crippen LogP contribution is -2.45. The van der Waals surface area contributed by atoms with Crippen molar-refractivity contribution in [3.05, 3.63) is 59.8 Å². The molecule has 1 N–H and O–H groups in total. The minimum atomic E-state index is -0.178. The van der Waals surface area contributed by atoms with Gasteiger partial charge in [-0.1, -0.05) is 18.2 Å². The van der Waals surface area contributed by atoms with E-state index in [9.17, 15) is 4.39 Å². The lowest BCUT2D eigenvalue weighted by molar-refractivity contribution is 0.177. The summed E-state index contributed by atoms with van der Waals surface area (Å²) < 4.78 is 19.6. The van der Waals surface area contributed by atoms with Crippen molar-refractivity contribution >= 4 is 0 Å². The fraction of sp³-hybridized carbons (Fsp3) is 0.333. The minimum Gasteiger partial charge on any atom is -0.467 e. The molecule has 0 amide bonds. The number of benzene rings is 1. The van der Waals surface area contributed by atoms with E-state index in [1.807, 2.05) is 24.3 Å². The van der Waals surface area contributed by atoms with Crippen LogP contribution in [0.1, 0.15) is 17.4 Å². The summed E-state index contributed by atoms with van der Waals surface area (Å²) in [6.45, 7) is 3.62. The van der Waals surface area contributed by atoms with Gasteiger partial charge in [-0.15, -0.1) is 0 Å². The summed E-state index contributed by atoms with van der Waals surface area (Å²) >= 11 is 0. The first kappa shape index (κ1) is 12.4. The summed E-state index contributed by atoms with van der Waals surface area (Å²) in [6.07, 6.45) is 1.64. The van der Waals surface area contributed by atoms with E-state index in [2.05, 4.69) is 10.2 Å². The van der Waals surface area contributed by atoms with E-state index < -0.39 is 0 Å². The highest BCUT2D eigenvalue weighted by molar-refractivity contribution is 5.28. The molecule has 1 fully saturated rings. The number of nitrogens with zero attached hydrogens (tertiary/aromatic N) is 1. The van der Waals surface area contributed by atoms with E-state index in [0.29, 0.717) is 5.56 Å². The molecular formula is C15H17FN2O. The number of nitrogens with one attached hydrogen (secondary N) is 1. The van der Waals surface area contributed by atoms with E-state index in [-0.39, 0.29) is 11.9 Å². The molecule has 1 atom stereocenters. The number of halogens is 1. The SMILES string of the molecule is Fc1ccccc1[C@H](c1ccco1)N1CCNCC1. The molecule has 0 bridgehead atoms. The molecule has 1 aliphatic rings. The molecule has 2 aromatic rings. The Morgan fingerprint density at radius 3 is 2.58 bits per heavy atom. The molecular weight excluding hydrogens is 243 g/mol. The monoisotopic (exact) mass is 260 g/mol. The zero-order valence-corrected chi connectivity index (χ0v) is 10.7. The summed E-state index contributed by atoms with van der Waals surface area (Å²) in [4.78, 5) is 2.26. The Morgan fingerprint density at radius 2 is 1.89 bits per heavy atom. The maximum absolute atomic E-state index is 14.1. The molecule has 0 spiro atoms. The Hall–Kier alpha value is -1.65. The van der Waals surface area contributed by atoms with Gasteiger partial charge in [0.25, 0.3) is 0 Å². The molecule has 0 aliphatic carbocycles. The van der Waals surface area contributed by atoms with Gasteiger partial charge in [0.2, 0.25) is 0 Å². The first-order chi connectivity index (χ1) is 9.36. The second-order valence-electron chi connectivity index (χ2n) is 4.73. The number of rotatable bonds is 3. The van der Waals surface area contributed by atoms with Crippen LogP contribution in [0.2, 0.25) is 0 Å². The standard InChI is InChI=1S/C15H17FN2O/c16-13-5-2-1-4-12(13)15(14-6-3-11-19-14)18-9-7-17-8-10-18/h1-6,11,15,17H,7-10H2/t15-/m1/s1. The van der Waals surface area contributed by atoms with Gasteiger partial charge in [0.1, 0.15) is 11.6 Å². The number of hydrogen-bond acceptors (Lipinski definition) is 3. The van der Waals surface area contributed by atoms with E-state index in [4.69, 9.17) is 4.42 Å². The van der Waals surface area contributed by atoms with Gasteiger partial charge in [0.15, 0.2) is 0 Å². The number of furan rings is 1. The van der Waals surface area contributed by atoms with E-state index >= 15 is 0 Å². The van der Waals surface area contributed by atoms with Gasteiger partial charge in [-0.2, -0.15) is 0 Å². The topological polar surface area (TPSA) is 28.4 Å². The van der Waals surface area contributed by atoms with Crippen LogP contribution in [0.5, 0.6) is 0 Å². The van der Waals surface area contributed by atoms with Crippen LogP contribution in [0.4, 0.5) is 4.39 Å². The zero-order chi connectivity index (χ0) is 13.1. The predicted octanol–water partition coefficient (Wildman–Crippen LogP) is 2.41. The van der Waals surface area contributed by atoms with E-state index in [1.54, 1.807) is 12.3 Å². The quantitative estimate of drug-likeness (QED) is 0.918. The second-order valence-corrected chi connectivity index (χ2v) is 4.73. The maximum Gasteiger partial charge on any atom is 0.128 e. The predicted molar refractivity (Wildman–Crippen MR) is 71.4 cm³/mol. The summed E-state index contributed by atoms with van der Waals surface area (Å²) in [5.41, 5.74) is 0.680. The molecule has 100 valence electrons. The smallest absolute Gasteiger partial charge is 0.128 e. The van der Waals surface area contributed by atoms with Crippen LogP contribution in [0.25, 0.3) is 0 Å². The number of hydrogen-bond donors (Lipinski definition) is 1. The molecule has 4 heteroatoms. The van der Waals surface area contributed by atoms with Crippen molar-refractivity contribution in [2.45, 2.75) is 6.04 Å². The Labute approximate surface area is 112 Å². The second kappa shape index (κ2) is 5.55. The number of piperazine rings is 1. The average Bonchev–Trinajstić information content (AvgIpc) is 2.96. The van der Waals surface area contributed by atoms with Crippen LogP contribution in [0, 0.1) is 5.82 Å². The van der Waals surface area contributed by atoms with Crippen LogP contribution >= 0.6 is 0 Å². The highest BCUT2D eigenvalue weighted by Gasteiger charge is 2.27. The Morgan fingerprint density at radius 1 is 1.11 bits per heavy atom. The van der Waals surface area contributed by atoms with Gasteiger partial charge >= 0.3 is 0 Å². The van der Waals surface area contributed by atoms with Crippen molar-refractivity contribution in [2.75, 3.05) is 26.2 Å². The molecule has 1 aliphatic heterocycles. The Kier molecular flexibility index (Phi) is 3.62. The third kappa shape index (κ3) is 2.55. The van der Waals surface area contributed by atoms with Crippen LogP contribution in [-0.2, 0) is 0 Å². The van der Waals surface area contributed by atoms with Crippen LogP contribution in [0.3, 0.4) is 0 Å². The fourth-order valence-electron chi connectivity index (χ4n) is 2.61. The van der Waals surface area contributed by atoms with Crippen molar-refractivity contribution < 1.29 is 8.81 Å². The van der Waals surface area contributed by atoms with E-state index in [0.717, 1.165) is 31.9 Å². The zero-order valence-electron chi connectivity index (χ0n) is 10.7. The average molecular weight is 260 g/mol. The van der Waals surface area contributed by atoms with Crippen LogP contribution in [0.15, 0.2) is 47.1 Å². The first-order valence-corrected chi connectivity index (χ1v) is 6.59. The van der Waals surface area contributed by atoms with Crippen molar-refractivity contribution in [2.24, 2.45) is 0 Å². The lowest BCUT2D eigenvalue weighted by atomic mass is 10.0.